The van der Waals surface area contributed by atoms with Crippen LogP contribution in [0.4, 0.5) is 5.13 Å². The molecule has 0 spiro atoms. The van der Waals surface area contributed by atoms with Gasteiger partial charge in [-0.25, -0.2) is 4.98 Å². The summed E-state index contributed by atoms with van der Waals surface area (Å²) in [4.78, 5) is 8.62. The molecule has 0 radical (unpaired) electrons. The lowest BCUT2D eigenvalue weighted by molar-refractivity contribution is 0.669. The first-order chi connectivity index (χ1) is 9.67. The molecule has 0 saturated heterocycles. The fraction of sp³-hybridized carbons (Fsp3) is 0.800. The molecular formula is C15H29N3S2. The number of aromatic nitrogens is 1. The molecule has 116 valence electrons. The highest BCUT2D eigenvalue weighted by atomic mass is 32.2. The zero-order valence-corrected chi connectivity index (χ0v) is 15.2. The van der Waals surface area contributed by atoms with E-state index >= 15 is 0 Å². The van der Waals surface area contributed by atoms with Gasteiger partial charge in [-0.1, -0.05) is 20.8 Å². The van der Waals surface area contributed by atoms with Gasteiger partial charge in [0.15, 0.2) is 5.13 Å². The van der Waals surface area contributed by atoms with E-state index < -0.39 is 0 Å². The quantitative estimate of drug-likeness (QED) is 0.665. The Kier molecular flexibility index (Phi) is 8.57. The van der Waals surface area contributed by atoms with E-state index in [0.717, 1.165) is 25.3 Å². The molecule has 0 aliphatic rings. The van der Waals surface area contributed by atoms with Crippen molar-refractivity contribution in [2.75, 3.05) is 30.5 Å². The number of nitrogens with zero attached hydrogens (tertiary/aromatic N) is 2. The van der Waals surface area contributed by atoms with E-state index in [9.17, 15) is 0 Å². The zero-order chi connectivity index (χ0) is 15.0. The zero-order valence-electron chi connectivity index (χ0n) is 13.5. The maximum Gasteiger partial charge on any atom is 0.185 e. The van der Waals surface area contributed by atoms with E-state index in [1.54, 1.807) is 0 Å². The molecule has 1 aromatic heterocycles. The lowest BCUT2D eigenvalue weighted by Crippen LogP contribution is -2.33. The largest absolute Gasteiger partial charge is 0.347 e. The van der Waals surface area contributed by atoms with Crippen molar-refractivity contribution in [3.8, 4) is 0 Å². The molecule has 1 atom stereocenters. The molecule has 5 heteroatoms. The van der Waals surface area contributed by atoms with Crippen molar-refractivity contribution in [1.82, 2.24) is 10.3 Å². The molecule has 0 aliphatic carbocycles. The van der Waals surface area contributed by atoms with Crippen molar-refractivity contribution in [2.24, 2.45) is 0 Å². The Morgan fingerprint density at radius 1 is 1.35 bits per heavy atom. The van der Waals surface area contributed by atoms with Crippen LogP contribution in [0, 0.1) is 0 Å². The standard InChI is InChI=1S/C15H29N3S2/c1-6-9-16-10-14-13(8-3)17-15(20-14)18(4)12(7-2)11-19-5/h12,16H,6-11H2,1-5H3. The molecule has 0 fully saturated rings. The van der Waals surface area contributed by atoms with E-state index in [0.29, 0.717) is 6.04 Å². The van der Waals surface area contributed by atoms with Gasteiger partial charge in [0.25, 0.3) is 0 Å². The normalized spacial score (nSPS) is 12.7. The molecule has 1 aromatic rings. The number of anilines is 1. The molecule has 1 heterocycles. The first kappa shape index (κ1) is 17.8. The molecule has 3 nitrogen and oxygen atoms in total. The minimum Gasteiger partial charge on any atom is -0.347 e. The Morgan fingerprint density at radius 3 is 2.65 bits per heavy atom. The number of hydrogen-bond donors (Lipinski definition) is 1. The number of thioether (sulfide) groups is 1. The van der Waals surface area contributed by atoms with Crippen LogP contribution in [0.2, 0.25) is 0 Å². The topological polar surface area (TPSA) is 28.2 Å². The van der Waals surface area contributed by atoms with Crippen molar-refractivity contribution in [3.05, 3.63) is 10.6 Å². The summed E-state index contributed by atoms with van der Waals surface area (Å²) in [6.45, 7) is 8.70. The second-order valence-electron chi connectivity index (χ2n) is 5.02. The van der Waals surface area contributed by atoms with E-state index in [-0.39, 0.29) is 0 Å². The van der Waals surface area contributed by atoms with Crippen LogP contribution in [0.15, 0.2) is 0 Å². The van der Waals surface area contributed by atoms with Crippen LogP contribution in [0.25, 0.3) is 0 Å². The summed E-state index contributed by atoms with van der Waals surface area (Å²) in [6.07, 6.45) is 5.54. The molecule has 0 amide bonds. The Balaban J connectivity index is 2.79. The summed E-state index contributed by atoms with van der Waals surface area (Å²) < 4.78 is 0. The van der Waals surface area contributed by atoms with Crippen molar-refractivity contribution < 1.29 is 0 Å². The number of thiazole rings is 1. The molecule has 0 aliphatic heterocycles. The summed E-state index contributed by atoms with van der Waals surface area (Å²) in [7, 11) is 2.19. The monoisotopic (exact) mass is 315 g/mol. The van der Waals surface area contributed by atoms with E-state index in [1.807, 2.05) is 23.1 Å². The van der Waals surface area contributed by atoms with Gasteiger partial charge in [0.2, 0.25) is 0 Å². The lowest BCUT2D eigenvalue weighted by Gasteiger charge is -2.26. The average Bonchev–Trinajstić information content (AvgIpc) is 2.87. The number of hydrogen-bond acceptors (Lipinski definition) is 5. The molecule has 0 bridgehead atoms. The number of rotatable bonds is 10. The van der Waals surface area contributed by atoms with Gasteiger partial charge < -0.3 is 10.2 Å². The molecule has 1 unspecified atom stereocenters. The molecule has 1 N–H and O–H groups in total. The summed E-state index contributed by atoms with van der Waals surface area (Å²) in [5.74, 6) is 1.16. The minimum absolute atomic E-state index is 0.581. The van der Waals surface area contributed by atoms with Crippen LogP contribution in [0.3, 0.4) is 0 Å². The second-order valence-corrected chi connectivity index (χ2v) is 7.00. The molecule has 1 rings (SSSR count). The van der Waals surface area contributed by atoms with Crippen LogP contribution in [0.1, 0.15) is 44.2 Å². The first-order valence-corrected chi connectivity index (χ1v) is 9.79. The fourth-order valence-electron chi connectivity index (χ4n) is 2.17. The van der Waals surface area contributed by atoms with Gasteiger partial charge in [0.1, 0.15) is 0 Å². The van der Waals surface area contributed by atoms with Crippen LogP contribution < -0.4 is 10.2 Å². The van der Waals surface area contributed by atoms with E-state index in [2.05, 4.69) is 44.3 Å². The Morgan fingerprint density at radius 2 is 2.10 bits per heavy atom. The Labute approximate surface area is 132 Å². The Hall–Kier alpha value is -0.260. The molecule has 0 aromatic carbocycles. The van der Waals surface area contributed by atoms with Crippen LogP contribution in [-0.4, -0.2) is 36.6 Å². The first-order valence-electron chi connectivity index (χ1n) is 7.58. The SMILES string of the molecule is CCCNCc1sc(N(C)C(CC)CSC)nc1CC. The van der Waals surface area contributed by atoms with Gasteiger partial charge in [0, 0.05) is 30.3 Å². The van der Waals surface area contributed by atoms with Crippen molar-refractivity contribution in [2.45, 2.75) is 52.6 Å². The maximum absolute atomic E-state index is 4.85. The van der Waals surface area contributed by atoms with Gasteiger partial charge in [-0.2, -0.15) is 11.8 Å². The minimum atomic E-state index is 0.581. The molecule has 20 heavy (non-hydrogen) atoms. The van der Waals surface area contributed by atoms with Gasteiger partial charge in [0.05, 0.1) is 5.69 Å². The smallest absolute Gasteiger partial charge is 0.185 e. The lowest BCUT2D eigenvalue weighted by atomic mass is 10.2. The van der Waals surface area contributed by atoms with Crippen molar-refractivity contribution in [1.29, 1.82) is 0 Å². The summed E-state index contributed by atoms with van der Waals surface area (Å²) in [5, 5.41) is 4.67. The second kappa shape index (κ2) is 9.64. The predicted molar refractivity (Wildman–Crippen MR) is 94.4 cm³/mol. The van der Waals surface area contributed by atoms with E-state index in [4.69, 9.17) is 4.98 Å². The fourth-order valence-corrected chi connectivity index (χ4v) is 4.16. The van der Waals surface area contributed by atoms with Gasteiger partial charge in [-0.05, 0) is 32.1 Å². The highest BCUT2D eigenvalue weighted by Crippen LogP contribution is 2.28. The predicted octanol–water partition coefficient (Wildman–Crippen LogP) is 3.78. The highest BCUT2D eigenvalue weighted by molar-refractivity contribution is 7.98. The number of aryl methyl sites for hydroxylation is 1. The summed E-state index contributed by atoms with van der Waals surface area (Å²) in [5.41, 5.74) is 1.26. The van der Waals surface area contributed by atoms with E-state index in [1.165, 1.54) is 28.5 Å². The molecular weight excluding hydrogens is 286 g/mol. The Bertz CT molecular complexity index is 379. The summed E-state index contributed by atoms with van der Waals surface area (Å²) in [6, 6.07) is 0.581. The van der Waals surface area contributed by atoms with Crippen molar-refractivity contribution >= 4 is 28.2 Å². The average molecular weight is 316 g/mol. The van der Waals surface area contributed by atoms with Gasteiger partial charge in [-0.3, -0.25) is 0 Å². The third kappa shape index (κ3) is 4.93. The number of nitrogens with one attached hydrogen (secondary N) is 1. The highest BCUT2D eigenvalue weighted by Gasteiger charge is 2.18. The van der Waals surface area contributed by atoms with Crippen LogP contribution >= 0.6 is 23.1 Å². The molecule has 0 saturated carbocycles. The van der Waals surface area contributed by atoms with Crippen LogP contribution in [0.5, 0.6) is 0 Å². The van der Waals surface area contributed by atoms with Gasteiger partial charge in [-0.15, -0.1) is 11.3 Å². The maximum atomic E-state index is 4.85. The third-order valence-electron chi connectivity index (χ3n) is 3.49. The van der Waals surface area contributed by atoms with Crippen molar-refractivity contribution in [3.63, 3.8) is 0 Å². The summed E-state index contributed by atoms with van der Waals surface area (Å²) >= 11 is 3.77. The van der Waals surface area contributed by atoms with Crippen LogP contribution in [-0.2, 0) is 13.0 Å². The van der Waals surface area contributed by atoms with Gasteiger partial charge >= 0.3 is 0 Å². The third-order valence-corrected chi connectivity index (χ3v) is 5.40.